The van der Waals surface area contributed by atoms with E-state index < -0.39 is 11.6 Å². The summed E-state index contributed by atoms with van der Waals surface area (Å²) in [6.45, 7) is 7.73. The minimum absolute atomic E-state index is 0.0753. The molecule has 0 N–H and O–H groups in total. The smallest absolute Gasteiger partial charge is 0.227 e. The summed E-state index contributed by atoms with van der Waals surface area (Å²) in [7, 11) is 2.00. The number of hydrogen-bond acceptors (Lipinski definition) is 5. The van der Waals surface area contributed by atoms with Gasteiger partial charge in [-0.3, -0.25) is 9.59 Å². The van der Waals surface area contributed by atoms with Crippen LogP contribution >= 0.6 is 0 Å². The van der Waals surface area contributed by atoms with Crippen LogP contribution in [0.1, 0.15) is 48.8 Å². The Kier molecular flexibility index (Phi) is 8.18. The normalized spacial score (nSPS) is 16.2. The van der Waals surface area contributed by atoms with Crippen LogP contribution in [0.25, 0.3) is 0 Å². The fourth-order valence-corrected chi connectivity index (χ4v) is 4.18. The van der Waals surface area contributed by atoms with E-state index in [9.17, 15) is 18.4 Å². The molecule has 0 aliphatic carbocycles. The molecule has 2 aromatic rings. The Balaban J connectivity index is 1.99. The van der Waals surface area contributed by atoms with Gasteiger partial charge in [0.25, 0.3) is 0 Å². The summed E-state index contributed by atoms with van der Waals surface area (Å²) in [5.41, 5.74) is 2.12. The number of carbonyl (C=O) groups is 2. The Bertz CT molecular complexity index is 988. The fourth-order valence-electron chi connectivity index (χ4n) is 4.18. The minimum Gasteiger partial charge on any atom is -0.361 e. The Labute approximate surface area is 193 Å². The van der Waals surface area contributed by atoms with Gasteiger partial charge >= 0.3 is 0 Å². The molecule has 1 aromatic carbocycles. The molecule has 33 heavy (non-hydrogen) atoms. The fraction of sp³-hybridized carbons (Fsp3) is 0.542. The van der Waals surface area contributed by atoms with Crippen molar-refractivity contribution in [1.82, 2.24) is 15.0 Å². The lowest BCUT2D eigenvalue weighted by Gasteiger charge is -2.31. The number of carbonyl (C=O) groups excluding carboxylic acids is 2. The van der Waals surface area contributed by atoms with Crippen molar-refractivity contribution >= 4 is 17.5 Å². The molecule has 2 heterocycles. The van der Waals surface area contributed by atoms with E-state index in [4.69, 9.17) is 4.52 Å². The number of aryl methyl sites for hydroxylation is 2. The largest absolute Gasteiger partial charge is 0.361 e. The molecule has 0 spiro atoms. The highest BCUT2D eigenvalue weighted by Crippen LogP contribution is 2.28. The van der Waals surface area contributed by atoms with E-state index in [2.05, 4.69) is 10.1 Å². The number of aromatic nitrogens is 1. The van der Waals surface area contributed by atoms with E-state index in [1.807, 2.05) is 7.05 Å². The summed E-state index contributed by atoms with van der Waals surface area (Å²) >= 11 is 0. The van der Waals surface area contributed by atoms with Gasteiger partial charge in [-0.15, -0.1) is 0 Å². The molecular weight excluding hydrogens is 430 g/mol. The van der Waals surface area contributed by atoms with Crippen LogP contribution in [0.2, 0.25) is 0 Å². The summed E-state index contributed by atoms with van der Waals surface area (Å²) in [5.74, 6) is -1.75. The molecule has 0 unspecified atom stereocenters. The second-order valence-corrected chi connectivity index (χ2v) is 8.60. The first kappa shape index (κ1) is 24.8. The molecule has 2 amide bonds. The highest BCUT2D eigenvalue weighted by atomic mass is 19.2. The first-order chi connectivity index (χ1) is 15.7. The Morgan fingerprint density at radius 2 is 1.70 bits per heavy atom. The minimum atomic E-state index is -1.01. The zero-order valence-electron chi connectivity index (χ0n) is 19.8. The van der Waals surface area contributed by atoms with Gasteiger partial charge in [0.2, 0.25) is 11.8 Å². The maximum atomic E-state index is 14.3. The van der Waals surface area contributed by atoms with Crippen molar-refractivity contribution in [2.24, 2.45) is 0 Å². The molecule has 0 saturated heterocycles. The molecule has 9 heteroatoms. The molecule has 1 aromatic heterocycles. The molecule has 3 rings (SSSR count). The summed E-state index contributed by atoms with van der Waals surface area (Å²) in [6.07, 6.45) is 1.78. The maximum Gasteiger partial charge on any atom is 0.227 e. The SMILES string of the molecule is CCC(=O)N1CCCN(C)CCCN(C(=O)Cc2c(C)noc2C)Cc2cc(F)c(F)cc21. The van der Waals surface area contributed by atoms with Crippen molar-refractivity contribution in [2.75, 3.05) is 38.1 Å². The standard InChI is InChI=1S/C24H32F2N4O3/c1-5-23(31)30-11-7-9-28(4)8-6-10-29(15-18-12-20(25)21(26)14-22(18)30)24(32)13-19-16(2)27-33-17(19)3/h12,14H,5-11,13,15H2,1-4H3. The van der Waals surface area contributed by atoms with Gasteiger partial charge in [-0.2, -0.15) is 0 Å². The zero-order chi connectivity index (χ0) is 24.1. The first-order valence-corrected chi connectivity index (χ1v) is 11.4. The maximum absolute atomic E-state index is 14.3. The summed E-state index contributed by atoms with van der Waals surface area (Å²) in [4.78, 5) is 31.3. The lowest BCUT2D eigenvalue weighted by atomic mass is 10.1. The third-order valence-corrected chi connectivity index (χ3v) is 6.13. The highest BCUT2D eigenvalue weighted by Gasteiger charge is 2.25. The number of rotatable bonds is 3. The van der Waals surface area contributed by atoms with Crippen molar-refractivity contribution in [3.63, 3.8) is 0 Å². The Morgan fingerprint density at radius 1 is 1.03 bits per heavy atom. The molecule has 0 atom stereocenters. The number of halogens is 2. The van der Waals surface area contributed by atoms with Crippen LogP contribution < -0.4 is 4.90 Å². The van der Waals surface area contributed by atoms with Crippen LogP contribution in [-0.4, -0.2) is 60.0 Å². The number of anilines is 1. The third kappa shape index (κ3) is 5.96. The van der Waals surface area contributed by atoms with Gasteiger partial charge in [-0.05, 0) is 58.5 Å². The predicted octanol–water partition coefficient (Wildman–Crippen LogP) is 3.61. The van der Waals surface area contributed by atoms with E-state index in [0.29, 0.717) is 42.2 Å². The summed E-state index contributed by atoms with van der Waals surface area (Å²) in [5, 5.41) is 3.92. The van der Waals surface area contributed by atoms with Crippen LogP contribution in [0.3, 0.4) is 0 Å². The molecule has 7 nitrogen and oxygen atoms in total. The topological polar surface area (TPSA) is 69.9 Å². The third-order valence-electron chi connectivity index (χ3n) is 6.13. The average Bonchev–Trinajstić information content (AvgIpc) is 3.09. The van der Waals surface area contributed by atoms with Crippen molar-refractivity contribution in [2.45, 2.75) is 53.0 Å². The number of benzene rings is 1. The van der Waals surface area contributed by atoms with Crippen molar-refractivity contribution in [3.05, 3.63) is 46.3 Å². The van der Waals surface area contributed by atoms with Crippen LogP contribution in [-0.2, 0) is 22.6 Å². The van der Waals surface area contributed by atoms with Crippen molar-refractivity contribution in [1.29, 1.82) is 0 Å². The van der Waals surface area contributed by atoms with E-state index in [1.54, 1.807) is 25.7 Å². The van der Waals surface area contributed by atoms with Crippen molar-refractivity contribution in [3.8, 4) is 0 Å². The second-order valence-electron chi connectivity index (χ2n) is 8.60. The molecule has 0 saturated carbocycles. The number of amides is 2. The van der Waals surface area contributed by atoms with Crippen LogP contribution in [0, 0.1) is 25.5 Å². The van der Waals surface area contributed by atoms with Gasteiger partial charge in [-0.1, -0.05) is 12.1 Å². The van der Waals surface area contributed by atoms with Gasteiger partial charge in [0.1, 0.15) is 5.76 Å². The first-order valence-electron chi connectivity index (χ1n) is 11.4. The van der Waals surface area contributed by atoms with Gasteiger partial charge in [-0.25, -0.2) is 8.78 Å². The van der Waals surface area contributed by atoms with E-state index in [0.717, 1.165) is 37.2 Å². The lowest BCUT2D eigenvalue weighted by molar-refractivity contribution is -0.131. The Hall–Kier alpha value is -2.81. The monoisotopic (exact) mass is 462 g/mol. The van der Waals surface area contributed by atoms with Crippen molar-refractivity contribution < 1.29 is 22.9 Å². The zero-order valence-corrected chi connectivity index (χ0v) is 19.8. The average molecular weight is 463 g/mol. The molecule has 1 aliphatic rings. The van der Waals surface area contributed by atoms with E-state index >= 15 is 0 Å². The number of fused-ring (bicyclic) bond motifs is 1. The van der Waals surface area contributed by atoms with E-state index in [1.165, 1.54) is 4.90 Å². The van der Waals surface area contributed by atoms with Gasteiger partial charge in [0, 0.05) is 37.7 Å². The van der Waals surface area contributed by atoms with Crippen LogP contribution in [0.4, 0.5) is 14.5 Å². The predicted molar refractivity (Wildman–Crippen MR) is 121 cm³/mol. The van der Waals surface area contributed by atoms with Gasteiger partial charge in [0.05, 0.1) is 17.8 Å². The van der Waals surface area contributed by atoms with Gasteiger partial charge in [0.15, 0.2) is 11.6 Å². The Morgan fingerprint density at radius 3 is 2.33 bits per heavy atom. The number of nitrogens with zero attached hydrogens (tertiary/aromatic N) is 4. The molecule has 180 valence electrons. The molecule has 0 fully saturated rings. The van der Waals surface area contributed by atoms with Crippen LogP contribution in [0.15, 0.2) is 16.7 Å². The molecule has 1 aliphatic heterocycles. The molecular formula is C24H32F2N4O3. The lowest BCUT2D eigenvalue weighted by Crippen LogP contribution is -2.38. The summed E-state index contributed by atoms with van der Waals surface area (Å²) < 4.78 is 33.7. The second kappa shape index (κ2) is 10.9. The quantitative estimate of drug-likeness (QED) is 0.697. The van der Waals surface area contributed by atoms with Crippen LogP contribution in [0.5, 0.6) is 0 Å². The molecule has 0 bridgehead atoms. The number of hydrogen-bond donors (Lipinski definition) is 0. The molecule has 0 radical (unpaired) electrons. The van der Waals surface area contributed by atoms with E-state index in [-0.39, 0.29) is 31.2 Å². The van der Waals surface area contributed by atoms with Gasteiger partial charge < -0.3 is 19.2 Å². The summed E-state index contributed by atoms with van der Waals surface area (Å²) in [6, 6.07) is 2.18. The highest BCUT2D eigenvalue weighted by molar-refractivity contribution is 5.94.